The van der Waals surface area contributed by atoms with E-state index in [-0.39, 0.29) is 11.9 Å². The average molecular weight is 301 g/mol. The summed E-state index contributed by atoms with van der Waals surface area (Å²) in [5.74, 6) is 0.372. The molecule has 0 amide bonds. The Kier molecular flexibility index (Phi) is 3.73. The number of hydrogen-bond donors (Lipinski definition) is 0. The third-order valence-electron chi connectivity index (χ3n) is 4.42. The van der Waals surface area contributed by atoms with Gasteiger partial charge in [-0.25, -0.2) is 0 Å². The molecular weight excluding hydrogens is 283 g/mol. The van der Waals surface area contributed by atoms with E-state index in [4.69, 9.17) is 4.74 Å². The highest BCUT2D eigenvalue weighted by atomic mass is 19.4. The molecule has 3 nitrogen and oxygen atoms in total. The predicted octanol–water partition coefficient (Wildman–Crippen LogP) is 3.59. The molecule has 0 N–H and O–H groups in total. The summed E-state index contributed by atoms with van der Waals surface area (Å²) in [7, 11) is 2.15. The van der Waals surface area contributed by atoms with Crippen molar-refractivity contribution in [3.63, 3.8) is 0 Å². The molecule has 2 saturated heterocycles. The quantitative estimate of drug-likeness (QED) is 0.851. The van der Waals surface area contributed by atoms with Gasteiger partial charge in [-0.3, -0.25) is 0 Å². The molecule has 0 unspecified atom stereocenters. The van der Waals surface area contributed by atoms with E-state index in [1.165, 1.54) is 37.1 Å². The number of piperidine rings is 1. The number of alkyl halides is 3. The molecule has 2 aliphatic heterocycles. The van der Waals surface area contributed by atoms with Gasteiger partial charge in [0.2, 0.25) is 0 Å². The number of fused-ring (bicyclic) bond motifs is 2. The molecule has 6 heteroatoms. The summed E-state index contributed by atoms with van der Waals surface area (Å²) in [4.78, 5) is 2.42. The van der Waals surface area contributed by atoms with E-state index < -0.39 is 6.36 Å². The fourth-order valence-corrected chi connectivity index (χ4v) is 3.37. The third kappa shape index (κ3) is 3.43. The van der Waals surface area contributed by atoms with E-state index in [1.54, 1.807) is 0 Å². The summed E-state index contributed by atoms with van der Waals surface area (Å²) < 4.78 is 46.0. The van der Waals surface area contributed by atoms with Gasteiger partial charge in [0, 0.05) is 12.1 Å². The lowest BCUT2D eigenvalue weighted by atomic mass is 10.0. The van der Waals surface area contributed by atoms with Crippen molar-refractivity contribution in [2.24, 2.45) is 0 Å². The average Bonchev–Trinajstić information content (AvgIpc) is 2.62. The number of benzene rings is 1. The standard InChI is InChI=1S/C15H18F3NO2/c1-19-10-2-3-11(19)9-14(8-10)20-12-4-6-13(7-5-12)21-15(16,17)18/h4-7,10-11,14H,2-3,8-9H2,1H3/t10-,11+,14-. The van der Waals surface area contributed by atoms with E-state index >= 15 is 0 Å². The van der Waals surface area contributed by atoms with Gasteiger partial charge in [0.1, 0.15) is 17.6 Å². The van der Waals surface area contributed by atoms with Gasteiger partial charge in [0.25, 0.3) is 0 Å². The predicted molar refractivity (Wildman–Crippen MR) is 71.3 cm³/mol. The Morgan fingerprint density at radius 1 is 1.00 bits per heavy atom. The van der Waals surface area contributed by atoms with Gasteiger partial charge >= 0.3 is 6.36 Å². The molecule has 2 fully saturated rings. The molecule has 0 aliphatic carbocycles. The van der Waals surface area contributed by atoms with Crippen molar-refractivity contribution >= 4 is 0 Å². The van der Waals surface area contributed by atoms with E-state index in [0.717, 1.165) is 12.8 Å². The largest absolute Gasteiger partial charge is 0.573 e. The molecule has 3 atom stereocenters. The zero-order valence-corrected chi connectivity index (χ0v) is 11.8. The molecular formula is C15H18F3NO2. The number of halogens is 3. The maximum absolute atomic E-state index is 12.1. The van der Waals surface area contributed by atoms with Crippen LogP contribution in [0, 0.1) is 0 Å². The molecule has 0 aromatic heterocycles. The minimum Gasteiger partial charge on any atom is -0.490 e. The zero-order chi connectivity index (χ0) is 15.0. The molecule has 3 rings (SSSR count). The second kappa shape index (κ2) is 5.40. The Balaban J connectivity index is 1.59. The van der Waals surface area contributed by atoms with E-state index in [9.17, 15) is 13.2 Å². The van der Waals surface area contributed by atoms with Crippen molar-refractivity contribution in [3.05, 3.63) is 24.3 Å². The number of ether oxygens (including phenoxy) is 2. The van der Waals surface area contributed by atoms with E-state index in [0.29, 0.717) is 17.8 Å². The van der Waals surface area contributed by atoms with Gasteiger partial charge in [-0.05, 0) is 57.0 Å². The van der Waals surface area contributed by atoms with Crippen molar-refractivity contribution < 1.29 is 22.6 Å². The van der Waals surface area contributed by atoms with Gasteiger partial charge in [-0.1, -0.05) is 0 Å². The van der Waals surface area contributed by atoms with Crippen LogP contribution in [-0.2, 0) is 0 Å². The normalized spacial score (nSPS) is 29.4. The van der Waals surface area contributed by atoms with Gasteiger partial charge in [-0.15, -0.1) is 13.2 Å². The van der Waals surface area contributed by atoms with Crippen LogP contribution in [-0.4, -0.2) is 36.5 Å². The first-order valence-corrected chi connectivity index (χ1v) is 7.15. The summed E-state index contributed by atoms with van der Waals surface area (Å²) in [6.45, 7) is 0. The molecule has 116 valence electrons. The van der Waals surface area contributed by atoms with Crippen LogP contribution in [0.2, 0.25) is 0 Å². The maximum Gasteiger partial charge on any atom is 0.573 e. The molecule has 0 saturated carbocycles. The minimum absolute atomic E-state index is 0.146. The van der Waals surface area contributed by atoms with Crippen molar-refractivity contribution in [1.29, 1.82) is 0 Å². The molecule has 1 aromatic rings. The molecule has 2 heterocycles. The van der Waals surface area contributed by atoms with Crippen molar-refractivity contribution in [1.82, 2.24) is 4.90 Å². The topological polar surface area (TPSA) is 21.7 Å². The van der Waals surface area contributed by atoms with E-state index in [1.807, 2.05) is 0 Å². The Bertz CT molecular complexity index is 475. The first-order chi connectivity index (χ1) is 9.90. The van der Waals surface area contributed by atoms with E-state index in [2.05, 4.69) is 16.7 Å². The molecule has 1 aromatic carbocycles. The van der Waals surface area contributed by atoms with Gasteiger partial charge in [0.05, 0.1) is 0 Å². The minimum atomic E-state index is -4.66. The van der Waals surface area contributed by atoms with Crippen LogP contribution in [0.1, 0.15) is 25.7 Å². The van der Waals surface area contributed by atoms with Crippen LogP contribution in [0.4, 0.5) is 13.2 Å². The van der Waals surface area contributed by atoms with Crippen LogP contribution in [0.15, 0.2) is 24.3 Å². The Morgan fingerprint density at radius 2 is 1.52 bits per heavy atom. The second-order valence-electron chi connectivity index (χ2n) is 5.78. The Morgan fingerprint density at radius 3 is 2.05 bits per heavy atom. The lowest BCUT2D eigenvalue weighted by Gasteiger charge is -2.36. The van der Waals surface area contributed by atoms with Crippen LogP contribution in [0.25, 0.3) is 0 Å². The number of nitrogens with zero attached hydrogens (tertiary/aromatic N) is 1. The number of rotatable bonds is 3. The third-order valence-corrected chi connectivity index (χ3v) is 4.42. The first-order valence-electron chi connectivity index (χ1n) is 7.15. The highest BCUT2D eigenvalue weighted by molar-refractivity contribution is 5.31. The monoisotopic (exact) mass is 301 g/mol. The zero-order valence-electron chi connectivity index (χ0n) is 11.8. The highest BCUT2D eigenvalue weighted by Crippen LogP contribution is 2.36. The van der Waals surface area contributed by atoms with Crippen LogP contribution < -0.4 is 9.47 Å². The summed E-state index contributed by atoms with van der Waals surface area (Å²) in [6.07, 6.45) is -0.135. The lowest BCUT2D eigenvalue weighted by Crippen LogP contribution is -2.43. The fraction of sp³-hybridized carbons (Fsp3) is 0.600. The lowest BCUT2D eigenvalue weighted by molar-refractivity contribution is -0.274. The smallest absolute Gasteiger partial charge is 0.490 e. The molecule has 2 aliphatic rings. The summed E-state index contributed by atoms with van der Waals surface area (Å²) in [5, 5.41) is 0. The Labute approximate surface area is 121 Å². The van der Waals surface area contributed by atoms with Crippen LogP contribution in [0.3, 0.4) is 0 Å². The highest BCUT2D eigenvalue weighted by Gasteiger charge is 2.39. The first kappa shape index (κ1) is 14.5. The molecule has 0 spiro atoms. The maximum atomic E-state index is 12.1. The van der Waals surface area contributed by atoms with Crippen molar-refractivity contribution in [2.45, 2.75) is 50.2 Å². The van der Waals surface area contributed by atoms with Crippen molar-refractivity contribution in [3.8, 4) is 11.5 Å². The number of hydrogen-bond acceptors (Lipinski definition) is 3. The van der Waals surface area contributed by atoms with Crippen LogP contribution in [0.5, 0.6) is 11.5 Å². The Hall–Kier alpha value is -1.43. The molecule has 21 heavy (non-hydrogen) atoms. The fourth-order valence-electron chi connectivity index (χ4n) is 3.37. The summed E-state index contributed by atoms with van der Waals surface area (Å²) in [6, 6.07) is 6.77. The van der Waals surface area contributed by atoms with Gasteiger partial charge in [0.15, 0.2) is 0 Å². The second-order valence-corrected chi connectivity index (χ2v) is 5.78. The molecule has 2 bridgehead atoms. The van der Waals surface area contributed by atoms with Crippen LogP contribution >= 0.6 is 0 Å². The SMILES string of the molecule is CN1[C@@H]2CC[C@H]1C[C@H](Oc1ccc(OC(F)(F)F)cc1)C2. The van der Waals surface area contributed by atoms with Gasteiger partial charge < -0.3 is 14.4 Å². The van der Waals surface area contributed by atoms with Gasteiger partial charge in [-0.2, -0.15) is 0 Å². The summed E-state index contributed by atoms with van der Waals surface area (Å²) in [5.41, 5.74) is 0. The summed E-state index contributed by atoms with van der Waals surface area (Å²) >= 11 is 0. The van der Waals surface area contributed by atoms with Crippen molar-refractivity contribution in [2.75, 3.05) is 7.05 Å². The molecule has 0 radical (unpaired) electrons.